The third-order valence-corrected chi connectivity index (χ3v) is 13.6. The van der Waals surface area contributed by atoms with Crippen LogP contribution in [0.4, 0.5) is 0 Å². The van der Waals surface area contributed by atoms with Crippen LogP contribution in [0.15, 0.2) is 182 Å². The maximum atomic E-state index is 12.9. The highest BCUT2D eigenvalue weighted by Crippen LogP contribution is 2.15. The molecule has 0 spiro atoms. The average molecular weight is 1200 g/mol. The predicted octanol–water partition coefficient (Wildman–Crippen LogP) is 19.9. The van der Waals surface area contributed by atoms with Gasteiger partial charge in [0.1, 0.15) is 13.2 Å². The Morgan fingerprint density at radius 1 is 0.345 bits per heavy atom. The second-order valence-electron chi connectivity index (χ2n) is 23.0. The molecule has 0 heterocycles. The van der Waals surface area contributed by atoms with Gasteiger partial charge < -0.3 is 33.3 Å². The molecule has 0 rings (SSSR count). The molecule has 0 saturated heterocycles. The number of allylic oxidation sites excluding steroid dienone is 30. The Morgan fingerprint density at radius 3 is 0.920 bits per heavy atom. The van der Waals surface area contributed by atoms with E-state index in [2.05, 4.69) is 196 Å². The third-order valence-electron chi connectivity index (χ3n) is 13.6. The van der Waals surface area contributed by atoms with E-state index in [1.165, 1.54) is 44.9 Å². The lowest BCUT2D eigenvalue weighted by Crippen LogP contribution is -2.44. The summed E-state index contributed by atoms with van der Waals surface area (Å²) in [5, 5.41) is 11.8. The van der Waals surface area contributed by atoms with E-state index in [0.717, 1.165) is 154 Å². The number of carbonyl (C=O) groups is 3. The molecule has 0 aromatic rings. The van der Waals surface area contributed by atoms with E-state index in [-0.39, 0.29) is 38.6 Å². The van der Waals surface area contributed by atoms with Gasteiger partial charge in [0.2, 0.25) is 0 Å². The second-order valence-corrected chi connectivity index (χ2v) is 23.0. The highest BCUT2D eigenvalue weighted by molar-refractivity contribution is 5.70. The number of ether oxygens (including phenoxy) is 4. The topological polar surface area (TPSA) is 111 Å². The van der Waals surface area contributed by atoms with E-state index in [1.54, 1.807) is 0 Å². The number of hydrogen-bond acceptors (Lipinski definition) is 8. The van der Waals surface area contributed by atoms with E-state index >= 15 is 0 Å². The van der Waals surface area contributed by atoms with Gasteiger partial charge in [-0.25, -0.2) is 0 Å². The minimum Gasteiger partial charge on any atom is -0.545 e. The number of quaternary nitrogens is 1. The number of esters is 2. The fourth-order valence-electron chi connectivity index (χ4n) is 8.53. The van der Waals surface area contributed by atoms with Crippen molar-refractivity contribution in [2.75, 3.05) is 47.5 Å². The Hall–Kier alpha value is -5.61. The zero-order chi connectivity index (χ0) is 63.3. The Labute approximate surface area is 532 Å². The number of rotatable bonds is 60. The first kappa shape index (κ1) is 81.4. The molecule has 0 N–H and O–H groups in total. The maximum Gasteiger partial charge on any atom is 0.306 e. The van der Waals surface area contributed by atoms with E-state index in [9.17, 15) is 19.5 Å². The molecule has 2 unspecified atom stereocenters. The van der Waals surface area contributed by atoms with E-state index < -0.39 is 24.3 Å². The molecule has 87 heavy (non-hydrogen) atoms. The molecule has 0 aliphatic carbocycles. The lowest BCUT2D eigenvalue weighted by atomic mass is 10.0. The number of likely N-dealkylation sites (N-methyl/N-ethyl adjacent to an activating group) is 1. The number of hydrogen-bond donors (Lipinski definition) is 0. The van der Waals surface area contributed by atoms with Crippen molar-refractivity contribution in [3.8, 4) is 0 Å². The first-order chi connectivity index (χ1) is 42.6. The summed E-state index contributed by atoms with van der Waals surface area (Å²) in [6.07, 6.45) is 98.1. The van der Waals surface area contributed by atoms with Gasteiger partial charge in [-0.3, -0.25) is 9.59 Å². The van der Waals surface area contributed by atoms with Crippen molar-refractivity contribution in [2.24, 2.45) is 0 Å². The smallest absolute Gasteiger partial charge is 0.306 e. The maximum absolute atomic E-state index is 12.9. The van der Waals surface area contributed by atoms with Crippen molar-refractivity contribution in [1.82, 2.24) is 0 Å². The molecule has 0 aromatic heterocycles. The van der Waals surface area contributed by atoms with Crippen LogP contribution >= 0.6 is 0 Å². The summed E-state index contributed by atoms with van der Waals surface area (Å²) in [7, 11) is 5.90. The summed E-state index contributed by atoms with van der Waals surface area (Å²) in [6, 6.07) is 0. The zero-order valence-corrected chi connectivity index (χ0v) is 55.6. The van der Waals surface area contributed by atoms with Crippen LogP contribution in [0, 0.1) is 0 Å². The normalized spacial score (nSPS) is 13.9. The monoisotopic (exact) mass is 1200 g/mol. The van der Waals surface area contributed by atoms with Crippen LogP contribution in [0.3, 0.4) is 0 Å². The Morgan fingerprint density at radius 2 is 0.621 bits per heavy atom. The van der Waals surface area contributed by atoms with Crippen LogP contribution in [-0.4, -0.2) is 82.3 Å². The average Bonchev–Trinajstić information content (AvgIpc) is 3.56. The summed E-state index contributed by atoms with van der Waals surface area (Å²) >= 11 is 0. The van der Waals surface area contributed by atoms with Crippen molar-refractivity contribution < 1.29 is 42.9 Å². The SMILES string of the molecule is CC/C=C\C/C=C\C/C=C\C/C=C\C/C=C\C/C=C\C/C=C\C/C=C\C/C=C\C/C=C\CCCCCCC(=O)OC(COC(=O)CCCCCCCCCCCCC/C=C\C/C=C\C/C=C\C/C=C\C/C=C\CC)COC(OCC[N+](C)(C)C)C(=O)[O-]. The van der Waals surface area contributed by atoms with Gasteiger partial charge in [-0.05, 0) is 135 Å². The number of nitrogens with zero attached hydrogens (tertiary/aromatic N) is 1. The molecule has 0 fully saturated rings. The highest BCUT2D eigenvalue weighted by atomic mass is 16.7. The molecule has 9 nitrogen and oxygen atoms in total. The molecule has 0 aliphatic rings. The Balaban J connectivity index is 4.28. The molecule has 0 saturated carbocycles. The van der Waals surface area contributed by atoms with Gasteiger partial charge in [-0.1, -0.05) is 267 Å². The van der Waals surface area contributed by atoms with Gasteiger partial charge in [0.15, 0.2) is 12.4 Å². The van der Waals surface area contributed by atoms with Crippen LogP contribution in [-0.2, 0) is 33.3 Å². The van der Waals surface area contributed by atoms with Crippen LogP contribution in [0.5, 0.6) is 0 Å². The van der Waals surface area contributed by atoms with Crippen LogP contribution in [0.1, 0.15) is 232 Å². The van der Waals surface area contributed by atoms with E-state index in [1.807, 2.05) is 21.1 Å². The molecule has 0 radical (unpaired) electrons. The molecule has 9 heteroatoms. The first-order valence-electron chi connectivity index (χ1n) is 33.9. The standard InChI is InChI=1S/C78H123NO8/c1-6-8-10-12-14-16-18-20-22-24-26-28-30-32-34-35-36-37-38-39-40-41-43-45-47-49-51-53-55-57-59-61-63-65-67-69-76(81)87-74(73-86-78(77(82)83)84-71-70-79(3,4)5)72-85-75(80)68-66-64-62-60-58-56-54-52-50-48-46-44-42-33-31-29-27-25-23-21-19-17-15-13-11-9-7-2/h8-11,14-17,20-23,26-29,32-34,36-37,39-40,42-43,45,49,51,55,57,74,78H,6-7,12-13,18-19,24-25,30-31,35,38,41,44,46-48,50,52-54,56,58-73H2,1-5H3/b10-8-,11-9-,16-14-,17-15-,22-20-,23-21-,28-26-,29-27-,34-32-,37-36-,40-39-,42-33-,45-43-,51-49-,57-55-. The molecule has 2 atom stereocenters. The summed E-state index contributed by atoms with van der Waals surface area (Å²) in [4.78, 5) is 37.5. The number of carbonyl (C=O) groups excluding carboxylic acids is 3. The van der Waals surface area contributed by atoms with Crippen LogP contribution in [0.2, 0.25) is 0 Å². The number of unbranched alkanes of at least 4 members (excludes halogenated alkanes) is 15. The number of aliphatic carboxylic acids is 1. The summed E-state index contributed by atoms with van der Waals surface area (Å²) < 4.78 is 22.7. The lowest BCUT2D eigenvalue weighted by Gasteiger charge is -2.26. The predicted molar refractivity (Wildman–Crippen MR) is 370 cm³/mol. The van der Waals surface area contributed by atoms with E-state index in [0.29, 0.717) is 17.4 Å². The van der Waals surface area contributed by atoms with Crippen LogP contribution in [0.25, 0.3) is 0 Å². The van der Waals surface area contributed by atoms with Crippen molar-refractivity contribution in [1.29, 1.82) is 0 Å². The van der Waals surface area contributed by atoms with Crippen molar-refractivity contribution in [3.05, 3.63) is 182 Å². The quantitative estimate of drug-likeness (QED) is 0.0195. The van der Waals surface area contributed by atoms with Crippen molar-refractivity contribution >= 4 is 17.9 Å². The van der Waals surface area contributed by atoms with Gasteiger partial charge in [-0.2, -0.15) is 0 Å². The van der Waals surface area contributed by atoms with Gasteiger partial charge >= 0.3 is 11.9 Å². The first-order valence-corrected chi connectivity index (χ1v) is 33.9. The molecule has 0 amide bonds. The lowest BCUT2D eigenvalue weighted by molar-refractivity contribution is -0.870. The van der Waals surface area contributed by atoms with Gasteiger partial charge in [0.25, 0.3) is 0 Å². The Bertz CT molecular complexity index is 2080. The molecule has 0 bridgehead atoms. The third kappa shape index (κ3) is 67.8. The molecular formula is C78H123NO8. The highest BCUT2D eigenvalue weighted by Gasteiger charge is 2.22. The van der Waals surface area contributed by atoms with Gasteiger partial charge in [0.05, 0.1) is 40.3 Å². The minimum absolute atomic E-state index is 0.131. The number of carboxylic acid groups (broad SMARTS) is 1. The van der Waals surface area contributed by atoms with Crippen molar-refractivity contribution in [3.63, 3.8) is 0 Å². The largest absolute Gasteiger partial charge is 0.545 e. The summed E-state index contributed by atoms with van der Waals surface area (Å²) in [5.74, 6) is -2.34. The summed E-state index contributed by atoms with van der Waals surface area (Å²) in [6.45, 7) is 4.46. The molecule has 488 valence electrons. The van der Waals surface area contributed by atoms with Crippen molar-refractivity contribution in [2.45, 2.75) is 245 Å². The minimum atomic E-state index is -1.64. The zero-order valence-electron chi connectivity index (χ0n) is 55.6. The fraction of sp³-hybridized carbons (Fsp3) is 0.577. The van der Waals surface area contributed by atoms with E-state index in [4.69, 9.17) is 18.9 Å². The summed E-state index contributed by atoms with van der Waals surface area (Å²) in [5.41, 5.74) is 0. The second kappa shape index (κ2) is 66.3. The van der Waals surface area contributed by atoms with Gasteiger partial charge in [-0.15, -0.1) is 0 Å². The van der Waals surface area contributed by atoms with Gasteiger partial charge in [0, 0.05) is 12.8 Å². The molecular weight excluding hydrogens is 1080 g/mol. The Kier molecular flexibility index (Phi) is 62.1. The fourth-order valence-corrected chi connectivity index (χ4v) is 8.53. The van der Waals surface area contributed by atoms with Crippen LogP contribution < -0.4 is 5.11 Å². The number of carboxylic acids is 1. The molecule has 0 aliphatic heterocycles. The molecule has 0 aromatic carbocycles.